The molecule has 3 aromatic rings. The Morgan fingerprint density at radius 2 is 1.03 bits per heavy atom. The van der Waals surface area contributed by atoms with E-state index in [0.717, 1.165) is 36.1 Å². The number of rotatable bonds is 15. The van der Waals surface area contributed by atoms with Crippen LogP contribution < -0.4 is 0 Å². The Labute approximate surface area is 206 Å². The van der Waals surface area contributed by atoms with E-state index in [1.54, 1.807) is 0 Å². The second kappa shape index (κ2) is 14.7. The summed E-state index contributed by atoms with van der Waals surface area (Å²) in [6.45, 7) is 4.47. The minimum Gasteiger partial charge on any atom is -0.224 e. The predicted octanol–water partition coefficient (Wildman–Crippen LogP) is 9.97. The number of pyridine rings is 1. The number of halogens is 1. The largest absolute Gasteiger partial charge is 0.224 e. The van der Waals surface area contributed by atoms with E-state index in [-0.39, 0.29) is 5.95 Å². The SMILES string of the molecule is CCCCCCCCCc1ccc(-c2ccc(-c3ccc(CCCCCC)nc3F)cc2)cc1. The molecule has 0 saturated carbocycles. The molecule has 0 saturated heterocycles. The molecular formula is C32H42FN. The first kappa shape index (κ1) is 26.1. The quantitative estimate of drug-likeness (QED) is 0.163. The van der Waals surface area contributed by atoms with E-state index < -0.39 is 0 Å². The maximum absolute atomic E-state index is 14.7. The summed E-state index contributed by atoms with van der Waals surface area (Å²) in [5.74, 6) is -0.365. The Kier molecular flexibility index (Phi) is 11.3. The monoisotopic (exact) mass is 459 g/mol. The number of aromatic nitrogens is 1. The molecule has 0 amide bonds. The number of unbranched alkanes of at least 4 members (excludes halogenated alkanes) is 9. The van der Waals surface area contributed by atoms with E-state index in [1.165, 1.54) is 75.3 Å². The van der Waals surface area contributed by atoms with Crippen LogP contribution in [0.1, 0.15) is 95.7 Å². The van der Waals surface area contributed by atoms with Crippen molar-refractivity contribution in [2.45, 2.75) is 97.3 Å². The zero-order valence-corrected chi connectivity index (χ0v) is 21.3. The Morgan fingerprint density at radius 1 is 0.529 bits per heavy atom. The van der Waals surface area contributed by atoms with E-state index in [0.29, 0.717) is 5.56 Å². The summed E-state index contributed by atoms with van der Waals surface area (Å²) >= 11 is 0. The van der Waals surface area contributed by atoms with Gasteiger partial charge in [-0.15, -0.1) is 0 Å². The fraction of sp³-hybridized carbons (Fsp3) is 0.469. The highest BCUT2D eigenvalue weighted by atomic mass is 19.1. The average molecular weight is 460 g/mol. The first-order valence-corrected chi connectivity index (χ1v) is 13.6. The molecule has 1 heterocycles. The van der Waals surface area contributed by atoms with Crippen molar-refractivity contribution >= 4 is 0 Å². The van der Waals surface area contributed by atoms with Gasteiger partial charge in [-0.3, -0.25) is 0 Å². The van der Waals surface area contributed by atoms with E-state index in [9.17, 15) is 4.39 Å². The third-order valence-corrected chi connectivity index (χ3v) is 6.75. The number of nitrogens with zero attached hydrogens (tertiary/aromatic N) is 1. The molecule has 0 radical (unpaired) electrons. The molecule has 1 aromatic heterocycles. The van der Waals surface area contributed by atoms with E-state index in [4.69, 9.17) is 0 Å². The van der Waals surface area contributed by atoms with Crippen LogP contribution in [0.5, 0.6) is 0 Å². The second-order valence-electron chi connectivity index (χ2n) is 9.60. The molecule has 0 unspecified atom stereocenters. The average Bonchev–Trinajstić information content (AvgIpc) is 2.87. The number of benzene rings is 2. The molecule has 34 heavy (non-hydrogen) atoms. The van der Waals surface area contributed by atoms with Crippen molar-refractivity contribution in [3.8, 4) is 22.3 Å². The highest BCUT2D eigenvalue weighted by Gasteiger charge is 2.09. The lowest BCUT2D eigenvalue weighted by Crippen LogP contribution is -1.96. The Balaban J connectivity index is 1.52. The Bertz CT molecular complexity index is 959. The number of aryl methyl sites for hydroxylation is 2. The first-order valence-electron chi connectivity index (χ1n) is 13.6. The summed E-state index contributed by atoms with van der Waals surface area (Å²) in [4.78, 5) is 4.22. The van der Waals surface area contributed by atoms with Crippen LogP contribution in [0.4, 0.5) is 4.39 Å². The molecule has 1 nitrogen and oxygen atoms in total. The van der Waals surface area contributed by atoms with Gasteiger partial charge in [0, 0.05) is 11.3 Å². The van der Waals surface area contributed by atoms with Gasteiger partial charge in [-0.2, -0.15) is 4.39 Å². The van der Waals surface area contributed by atoms with Gasteiger partial charge >= 0.3 is 0 Å². The number of hydrogen-bond donors (Lipinski definition) is 0. The molecule has 0 fully saturated rings. The molecule has 2 aromatic carbocycles. The number of hydrogen-bond acceptors (Lipinski definition) is 1. The van der Waals surface area contributed by atoms with Crippen molar-refractivity contribution in [2.24, 2.45) is 0 Å². The van der Waals surface area contributed by atoms with Gasteiger partial charge in [-0.25, -0.2) is 4.98 Å². The first-order chi connectivity index (χ1) is 16.7. The summed E-state index contributed by atoms with van der Waals surface area (Å²) in [6.07, 6.45) is 16.1. The molecule has 3 rings (SSSR count). The Hall–Kier alpha value is -2.48. The summed E-state index contributed by atoms with van der Waals surface area (Å²) in [7, 11) is 0. The minimum atomic E-state index is -0.365. The molecule has 0 aliphatic carbocycles. The topological polar surface area (TPSA) is 12.9 Å². The standard InChI is InChI=1S/C32H42FN/c1-3-5-7-9-10-11-12-14-26-16-18-27(19-17-26)28-20-22-29(23-21-28)31-25-24-30(34-32(31)33)15-13-8-6-4-2/h16-25H,3-15H2,1-2H3. The van der Waals surface area contributed by atoms with Gasteiger partial charge in [-0.1, -0.05) is 120 Å². The van der Waals surface area contributed by atoms with Crippen molar-refractivity contribution < 1.29 is 4.39 Å². The van der Waals surface area contributed by atoms with Crippen molar-refractivity contribution in [3.05, 3.63) is 77.9 Å². The lowest BCUT2D eigenvalue weighted by atomic mass is 9.98. The third kappa shape index (κ3) is 8.38. The van der Waals surface area contributed by atoms with Gasteiger partial charge in [0.25, 0.3) is 0 Å². The lowest BCUT2D eigenvalue weighted by Gasteiger charge is -2.08. The van der Waals surface area contributed by atoms with Crippen molar-refractivity contribution in [1.29, 1.82) is 0 Å². The van der Waals surface area contributed by atoms with Gasteiger partial charge in [-0.05, 0) is 60.1 Å². The highest BCUT2D eigenvalue weighted by Crippen LogP contribution is 2.27. The lowest BCUT2D eigenvalue weighted by molar-refractivity contribution is 0.574. The molecule has 2 heteroatoms. The fourth-order valence-electron chi connectivity index (χ4n) is 4.55. The molecule has 0 bridgehead atoms. The van der Waals surface area contributed by atoms with Crippen LogP contribution in [0.3, 0.4) is 0 Å². The van der Waals surface area contributed by atoms with Crippen LogP contribution in [0.2, 0.25) is 0 Å². The van der Waals surface area contributed by atoms with Crippen LogP contribution in [0.15, 0.2) is 60.7 Å². The van der Waals surface area contributed by atoms with Crippen molar-refractivity contribution in [3.63, 3.8) is 0 Å². The fourth-order valence-corrected chi connectivity index (χ4v) is 4.55. The second-order valence-corrected chi connectivity index (χ2v) is 9.60. The summed E-state index contributed by atoms with van der Waals surface area (Å²) in [6, 6.07) is 20.9. The smallest absolute Gasteiger partial charge is 0.220 e. The van der Waals surface area contributed by atoms with Crippen molar-refractivity contribution in [2.75, 3.05) is 0 Å². The Morgan fingerprint density at radius 3 is 1.65 bits per heavy atom. The molecule has 0 aliphatic heterocycles. The third-order valence-electron chi connectivity index (χ3n) is 6.75. The minimum absolute atomic E-state index is 0.365. The van der Waals surface area contributed by atoms with Crippen LogP contribution in [-0.4, -0.2) is 4.98 Å². The molecular weight excluding hydrogens is 417 g/mol. The predicted molar refractivity (Wildman–Crippen MR) is 145 cm³/mol. The van der Waals surface area contributed by atoms with Crippen LogP contribution in [-0.2, 0) is 12.8 Å². The normalized spacial score (nSPS) is 11.1. The van der Waals surface area contributed by atoms with Gasteiger partial charge in [0.1, 0.15) is 0 Å². The molecule has 0 spiro atoms. The van der Waals surface area contributed by atoms with E-state index in [2.05, 4.69) is 55.2 Å². The maximum atomic E-state index is 14.7. The molecule has 0 atom stereocenters. The molecule has 182 valence electrons. The van der Waals surface area contributed by atoms with E-state index in [1.807, 2.05) is 24.3 Å². The molecule has 0 N–H and O–H groups in total. The van der Waals surface area contributed by atoms with Gasteiger partial charge < -0.3 is 0 Å². The maximum Gasteiger partial charge on any atom is 0.220 e. The zero-order valence-electron chi connectivity index (χ0n) is 21.3. The van der Waals surface area contributed by atoms with Gasteiger partial charge in [0.2, 0.25) is 5.95 Å². The summed E-state index contributed by atoms with van der Waals surface area (Å²) in [5.41, 5.74) is 6.08. The van der Waals surface area contributed by atoms with Gasteiger partial charge in [0.15, 0.2) is 0 Å². The molecule has 0 aliphatic rings. The van der Waals surface area contributed by atoms with Crippen LogP contribution in [0, 0.1) is 5.95 Å². The van der Waals surface area contributed by atoms with E-state index >= 15 is 0 Å². The summed E-state index contributed by atoms with van der Waals surface area (Å²) < 4.78 is 14.7. The van der Waals surface area contributed by atoms with Gasteiger partial charge in [0.05, 0.1) is 0 Å². The van der Waals surface area contributed by atoms with Crippen LogP contribution in [0.25, 0.3) is 22.3 Å². The summed E-state index contributed by atoms with van der Waals surface area (Å²) in [5, 5.41) is 0. The zero-order chi connectivity index (χ0) is 24.0. The van der Waals surface area contributed by atoms with Crippen molar-refractivity contribution in [1.82, 2.24) is 4.98 Å². The highest BCUT2D eigenvalue weighted by molar-refractivity contribution is 5.70. The van der Waals surface area contributed by atoms with Crippen LogP contribution >= 0.6 is 0 Å².